The summed E-state index contributed by atoms with van der Waals surface area (Å²) >= 11 is -2.23. The fourth-order valence-corrected chi connectivity index (χ4v) is 21.2. The van der Waals surface area contributed by atoms with Crippen molar-refractivity contribution in [1.29, 1.82) is 0 Å². The van der Waals surface area contributed by atoms with Crippen LogP contribution in [0, 0.1) is 0 Å². The molecule has 122 valence electrons. The second kappa shape index (κ2) is 9.15. The van der Waals surface area contributed by atoms with Crippen LogP contribution >= 0.6 is 0 Å². The van der Waals surface area contributed by atoms with Gasteiger partial charge in [-0.1, -0.05) is 0 Å². The van der Waals surface area contributed by atoms with Gasteiger partial charge in [0.15, 0.2) is 0 Å². The zero-order valence-electron chi connectivity index (χ0n) is 15.0. The predicted molar refractivity (Wildman–Crippen MR) is 104 cm³/mol. The molecule has 0 aliphatic heterocycles. The molecule has 22 heavy (non-hydrogen) atoms. The number of hydrogen-bond donors (Lipinski definition) is 0. The minimum atomic E-state index is -2.23. The van der Waals surface area contributed by atoms with Crippen molar-refractivity contribution < 1.29 is 0 Å². The Balaban J connectivity index is 2.38. The maximum atomic E-state index is 2.54. The van der Waals surface area contributed by atoms with Crippen molar-refractivity contribution in [1.82, 2.24) is 0 Å². The number of allylic oxidation sites excluding steroid dienone is 1. The van der Waals surface area contributed by atoms with E-state index in [-0.39, 0.29) is 0 Å². The van der Waals surface area contributed by atoms with Crippen molar-refractivity contribution in [3.05, 3.63) is 35.4 Å². The van der Waals surface area contributed by atoms with E-state index >= 15 is 0 Å². The zero-order valence-corrected chi connectivity index (χ0v) is 17.8. The zero-order chi connectivity index (χ0) is 15.8. The molecular formula is C21H34Sn. The number of rotatable bonds is 10. The second-order valence-electron chi connectivity index (χ2n) is 7.07. The van der Waals surface area contributed by atoms with E-state index in [0.29, 0.717) is 0 Å². The summed E-state index contributed by atoms with van der Waals surface area (Å²) in [6.45, 7) is 7.10. The van der Waals surface area contributed by atoms with Crippen molar-refractivity contribution in [2.75, 3.05) is 0 Å². The number of unbranched alkanes of at least 4 members (excludes halogenated alkanes) is 3. The molecule has 1 heteroatoms. The van der Waals surface area contributed by atoms with E-state index in [1.54, 1.807) is 18.9 Å². The molecule has 1 aromatic carbocycles. The Morgan fingerprint density at radius 2 is 1.45 bits per heavy atom. The molecule has 1 aromatic rings. The van der Waals surface area contributed by atoms with Gasteiger partial charge < -0.3 is 0 Å². The van der Waals surface area contributed by atoms with Gasteiger partial charge in [0.25, 0.3) is 0 Å². The minimum absolute atomic E-state index is 1.20. The van der Waals surface area contributed by atoms with Gasteiger partial charge in [-0.3, -0.25) is 0 Å². The average Bonchev–Trinajstić information content (AvgIpc) is 3.03. The van der Waals surface area contributed by atoms with Crippen LogP contribution in [0.1, 0.15) is 70.4 Å². The van der Waals surface area contributed by atoms with Crippen LogP contribution in [0.3, 0.4) is 0 Å². The average molecular weight is 405 g/mol. The summed E-state index contributed by atoms with van der Waals surface area (Å²) in [6, 6.07) is 7.22. The number of fused-ring (bicyclic) bond motifs is 1. The normalized spacial score (nSPS) is 13.6. The van der Waals surface area contributed by atoms with E-state index in [4.69, 9.17) is 0 Å². The molecule has 1 aliphatic carbocycles. The first-order valence-corrected chi connectivity index (χ1v) is 17.0. The van der Waals surface area contributed by atoms with Gasteiger partial charge in [-0.25, -0.2) is 0 Å². The maximum absolute atomic E-state index is 2.54. The third-order valence-corrected chi connectivity index (χ3v) is 21.3. The van der Waals surface area contributed by atoms with E-state index in [1.807, 2.05) is 3.58 Å². The molecule has 0 saturated carbocycles. The summed E-state index contributed by atoms with van der Waals surface area (Å²) in [4.78, 5) is 0. The molecular weight excluding hydrogens is 371 g/mol. The van der Waals surface area contributed by atoms with Crippen LogP contribution in [0.2, 0.25) is 13.3 Å². The SMILES string of the molecule is CCC[CH2][Sn]([CH2]CCC)([CH2]CCC)[c]1cccc2c1CC=C2. The molecule has 0 saturated heterocycles. The molecule has 0 amide bonds. The van der Waals surface area contributed by atoms with Crippen LogP contribution in [0.4, 0.5) is 0 Å². The Morgan fingerprint density at radius 3 is 2.00 bits per heavy atom. The quantitative estimate of drug-likeness (QED) is 0.400. The van der Waals surface area contributed by atoms with E-state index in [2.05, 4.69) is 51.1 Å². The Morgan fingerprint density at radius 1 is 0.864 bits per heavy atom. The van der Waals surface area contributed by atoms with Crippen molar-refractivity contribution >= 4 is 28.0 Å². The summed E-state index contributed by atoms with van der Waals surface area (Å²) in [7, 11) is 0. The standard InChI is InChI=1S/C9H7.3C4H9.Sn/c1-2-5-9-7-3-6-8(9)4-1;3*1-3-4-2;/h1-4,6H,7H2;3*1,3-4H2,2H3;. The summed E-state index contributed by atoms with van der Waals surface area (Å²) in [5.74, 6) is 0. The van der Waals surface area contributed by atoms with Crippen molar-refractivity contribution in [3.8, 4) is 0 Å². The van der Waals surface area contributed by atoms with Gasteiger partial charge in [0.05, 0.1) is 0 Å². The van der Waals surface area contributed by atoms with Gasteiger partial charge in [0.2, 0.25) is 0 Å². The fraction of sp³-hybridized carbons (Fsp3) is 0.619. The first-order chi connectivity index (χ1) is 10.8. The summed E-state index contributed by atoms with van der Waals surface area (Å²) in [5, 5.41) is 0. The second-order valence-corrected chi connectivity index (χ2v) is 20.2. The van der Waals surface area contributed by atoms with Gasteiger partial charge in [0.1, 0.15) is 0 Å². The monoisotopic (exact) mass is 406 g/mol. The third-order valence-electron chi connectivity index (χ3n) is 5.43. The van der Waals surface area contributed by atoms with Crippen LogP contribution in [-0.4, -0.2) is 18.4 Å². The molecule has 2 rings (SSSR count). The van der Waals surface area contributed by atoms with Crippen LogP contribution in [-0.2, 0) is 6.42 Å². The van der Waals surface area contributed by atoms with E-state index in [1.165, 1.54) is 50.5 Å². The first kappa shape index (κ1) is 18.1. The molecule has 0 spiro atoms. The molecule has 0 heterocycles. The molecule has 0 N–H and O–H groups in total. The van der Waals surface area contributed by atoms with Gasteiger partial charge in [-0.15, -0.1) is 0 Å². The summed E-state index contributed by atoms with van der Waals surface area (Å²) in [5.41, 5.74) is 3.25. The molecule has 0 bridgehead atoms. The van der Waals surface area contributed by atoms with Gasteiger partial charge in [0, 0.05) is 0 Å². The Bertz CT molecular complexity index is 465. The molecule has 0 aromatic heterocycles. The number of benzene rings is 1. The first-order valence-electron chi connectivity index (χ1n) is 9.56. The van der Waals surface area contributed by atoms with Crippen LogP contribution < -0.4 is 3.58 Å². The molecule has 0 fully saturated rings. The summed E-state index contributed by atoms with van der Waals surface area (Å²) < 4.78 is 6.65. The Hall–Kier alpha value is -0.241. The summed E-state index contributed by atoms with van der Waals surface area (Å²) in [6.07, 6.45) is 14.4. The van der Waals surface area contributed by atoms with Gasteiger partial charge >= 0.3 is 142 Å². The molecule has 0 atom stereocenters. The molecule has 0 nitrogen and oxygen atoms in total. The Kier molecular flexibility index (Phi) is 7.53. The number of hydrogen-bond acceptors (Lipinski definition) is 0. The predicted octanol–water partition coefficient (Wildman–Crippen LogP) is 6.31. The Labute approximate surface area is 142 Å². The third kappa shape index (κ3) is 4.19. The van der Waals surface area contributed by atoms with Crippen molar-refractivity contribution in [2.24, 2.45) is 0 Å². The molecule has 1 aliphatic rings. The van der Waals surface area contributed by atoms with Crippen molar-refractivity contribution in [2.45, 2.75) is 79.0 Å². The molecule has 0 radical (unpaired) electrons. The van der Waals surface area contributed by atoms with Gasteiger partial charge in [-0.05, 0) is 0 Å². The van der Waals surface area contributed by atoms with E-state index in [9.17, 15) is 0 Å². The topological polar surface area (TPSA) is 0 Å². The molecule has 0 unspecified atom stereocenters. The van der Waals surface area contributed by atoms with Crippen LogP contribution in [0.5, 0.6) is 0 Å². The van der Waals surface area contributed by atoms with Crippen LogP contribution in [0.25, 0.3) is 6.08 Å². The van der Waals surface area contributed by atoms with Crippen molar-refractivity contribution in [3.63, 3.8) is 0 Å². The fourth-order valence-electron chi connectivity index (χ4n) is 4.11. The van der Waals surface area contributed by atoms with Gasteiger partial charge in [-0.2, -0.15) is 0 Å². The van der Waals surface area contributed by atoms with Crippen LogP contribution in [0.15, 0.2) is 24.3 Å². The van der Waals surface area contributed by atoms with E-state index in [0.717, 1.165) is 0 Å². The van der Waals surface area contributed by atoms with E-state index < -0.39 is 18.4 Å².